The number of anilines is 1. The molecular formula is C33H37FN6O. The van der Waals surface area contributed by atoms with Gasteiger partial charge in [-0.2, -0.15) is 9.97 Å². The first kappa shape index (κ1) is 25.4. The van der Waals surface area contributed by atoms with E-state index in [0.29, 0.717) is 35.6 Å². The zero-order valence-electron chi connectivity index (χ0n) is 23.6. The average Bonchev–Trinajstić information content (AvgIpc) is 3.69. The third-order valence-corrected chi connectivity index (χ3v) is 10.3. The molecule has 7 nitrogen and oxygen atoms in total. The number of nitrogens with zero attached hydrogens (tertiary/aromatic N) is 5. The van der Waals surface area contributed by atoms with E-state index < -0.39 is 5.82 Å². The minimum atomic E-state index is -0.439. The molecule has 8 heteroatoms. The quantitative estimate of drug-likeness (QED) is 0.463. The molecule has 1 aliphatic carbocycles. The number of nitrogens with one attached hydrogen (secondary N) is 1. The lowest BCUT2D eigenvalue weighted by molar-refractivity contribution is 0.108. The summed E-state index contributed by atoms with van der Waals surface area (Å²) >= 11 is 0. The number of rotatable bonds is 5. The molecule has 2 aromatic heterocycles. The van der Waals surface area contributed by atoms with Crippen LogP contribution in [0.1, 0.15) is 68.2 Å². The highest BCUT2D eigenvalue weighted by Gasteiger charge is 2.45. The van der Waals surface area contributed by atoms with Gasteiger partial charge < -0.3 is 15.0 Å². The van der Waals surface area contributed by atoms with Crippen molar-refractivity contribution in [3.8, 4) is 29.6 Å². The Hall–Kier alpha value is -3.28. The van der Waals surface area contributed by atoms with Crippen LogP contribution in [-0.4, -0.2) is 70.3 Å². The topological polar surface area (TPSA) is 66.4 Å². The van der Waals surface area contributed by atoms with Crippen LogP contribution in [0.15, 0.2) is 18.2 Å². The van der Waals surface area contributed by atoms with Crippen molar-refractivity contribution in [2.45, 2.75) is 81.8 Å². The molecule has 4 aliphatic heterocycles. The van der Waals surface area contributed by atoms with Crippen molar-refractivity contribution in [3.63, 3.8) is 0 Å². The molecule has 5 aliphatic rings. The van der Waals surface area contributed by atoms with Gasteiger partial charge in [0, 0.05) is 30.7 Å². The Morgan fingerprint density at radius 2 is 1.80 bits per heavy atom. The molecule has 2 unspecified atom stereocenters. The van der Waals surface area contributed by atoms with Crippen LogP contribution >= 0.6 is 0 Å². The zero-order valence-corrected chi connectivity index (χ0v) is 23.6. The predicted octanol–water partition coefficient (Wildman–Crippen LogP) is 4.64. The first-order valence-electron chi connectivity index (χ1n) is 15.5. The Labute approximate surface area is 240 Å². The van der Waals surface area contributed by atoms with Gasteiger partial charge in [0.15, 0.2) is 5.82 Å². The molecule has 41 heavy (non-hydrogen) atoms. The van der Waals surface area contributed by atoms with Gasteiger partial charge in [0.05, 0.1) is 10.9 Å². The van der Waals surface area contributed by atoms with Crippen LogP contribution in [-0.2, 0) is 12.8 Å². The highest BCUT2D eigenvalue weighted by Crippen LogP contribution is 2.41. The molecule has 0 saturated carbocycles. The summed E-state index contributed by atoms with van der Waals surface area (Å²) in [5, 5.41) is 4.21. The third-order valence-electron chi connectivity index (χ3n) is 10.3. The van der Waals surface area contributed by atoms with Crippen molar-refractivity contribution in [2.24, 2.45) is 0 Å². The summed E-state index contributed by atoms with van der Waals surface area (Å²) in [7, 11) is 0. The van der Waals surface area contributed by atoms with Gasteiger partial charge in [0.2, 0.25) is 0 Å². The van der Waals surface area contributed by atoms with Crippen LogP contribution in [0.2, 0.25) is 0 Å². The molecule has 2 atom stereocenters. The molecule has 0 spiro atoms. The van der Waals surface area contributed by atoms with Gasteiger partial charge in [-0.3, -0.25) is 4.90 Å². The van der Waals surface area contributed by atoms with Crippen LogP contribution in [0.3, 0.4) is 0 Å². The summed E-state index contributed by atoms with van der Waals surface area (Å²) < 4.78 is 23.2. The molecule has 4 fully saturated rings. The van der Waals surface area contributed by atoms with Gasteiger partial charge in [-0.05, 0) is 94.3 Å². The van der Waals surface area contributed by atoms with Crippen molar-refractivity contribution < 1.29 is 9.13 Å². The molecule has 0 amide bonds. The van der Waals surface area contributed by atoms with Gasteiger partial charge in [0.1, 0.15) is 29.3 Å². The lowest BCUT2D eigenvalue weighted by Crippen LogP contribution is -2.51. The predicted molar refractivity (Wildman–Crippen MR) is 158 cm³/mol. The number of ether oxygens (including phenoxy) is 1. The number of pyridine rings is 1. The van der Waals surface area contributed by atoms with Gasteiger partial charge in [-0.1, -0.05) is 18.2 Å². The second-order valence-corrected chi connectivity index (χ2v) is 12.7. The van der Waals surface area contributed by atoms with E-state index in [-0.39, 0.29) is 22.8 Å². The lowest BCUT2D eigenvalue weighted by Gasteiger charge is -2.35. The number of hydrogen-bond acceptors (Lipinski definition) is 7. The van der Waals surface area contributed by atoms with E-state index in [1.165, 1.54) is 24.0 Å². The molecule has 1 N–H and O–H groups in total. The highest BCUT2D eigenvalue weighted by atomic mass is 19.1. The molecule has 3 aromatic rings. The summed E-state index contributed by atoms with van der Waals surface area (Å²) in [5.74, 6) is 2.99. The summed E-state index contributed by atoms with van der Waals surface area (Å²) in [6, 6.07) is 7.14. The second kappa shape index (κ2) is 9.92. The van der Waals surface area contributed by atoms with Gasteiger partial charge in [-0.15, -0.1) is 6.42 Å². The normalized spacial score (nSPS) is 24.8. The Bertz CT molecular complexity index is 1540. The van der Waals surface area contributed by atoms with Crippen molar-refractivity contribution >= 4 is 16.7 Å². The number of benzene rings is 1. The third kappa shape index (κ3) is 4.20. The van der Waals surface area contributed by atoms with Gasteiger partial charge in [-0.25, -0.2) is 9.37 Å². The van der Waals surface area contributed by atoms with Crippen LogP contribution in [0, 0.1) is 18.2 Å². The lowest BCUT2D eigenvalue weighted by atomic mass is 9.87. The van der Waals surface area contributed by atoms with E-state index in [1.54, 1.807) is 0 Å². The second-order valence-electron chi connectivity index (χ2n) is 12.7. The highest BCUT2D eigenvalue weighted by molar-refractivity contribution is 5.96. The smallest absolute Gasteiger partial charge is 0.319 e. The van der Waals surface area contributed by atoms with Crippen LogP contribution in [0.4, 0.5) is 10.2 Å². The Morgan fingerprint density at radius 3 is 2.59 bits per heavy atom. The van der Waals surface area contributed by atoms with Crippen LogP contribution in [0.25, 0.3) is 22.2 Å². The van der Waals surface area contributed by atoms with E-state index in [1.807, 2.05) is 12.1 Å². The van der Waals surface area contributed by atoms with Crippen molar-refractivity contribution in [1.29, 1.82) is 0 Å². The van der Waals surface area contributed by atoms with E-state index >= 15 is 4.39 Å². The van der Waals surface area contributed by atoms with Gasteiger partial charge in [0.25, 0.3) is 0 Å². The molecule has 6 heterocycles. The largest absolute Gasteiger partial charge is 0.461 e. The SMILES string of the molecule is C#Cc1nc(-c2cccc3c2CCCC3)c(F)c2nc(OCC34CCCN3CCC4)nc(N3CC4CCC(C3)N4)c12. The van der Waals surface area contributed by atoms with Crippen LogP contribution in [0.5, 0.6) is 6.01 Å². The molecule has 2 bridgehead atoms. The number of piperazine rings is 1. The van der Waals surface area contributed by atoms with E-state index in [4.69, 9.17) is 26.1 Å². The number of halogens is 1. The minimum Gasteiger partial charge on any atom is -0.461 e. The zero-order chi connectivity index (χ0) is 27.6. The van der Waals surface area contributed by atoms with E-state index in [2.05, 4.69) is 27.1 Å². The summed E-state index contributed by atoms with van der Waals surface area (Å²) in [5.41, 5.74) is 4.23. The standard InChI is InChI=1S/C33H37FN6O/c1-2-26-27-30(28(34)29(36-26)25-11-5-9-21-8-3-4-10-24(21)25)37-32(41-20-33-14-6-16-40(33)17-7-15-33)38-31(27)39-18-22-12-13-23(19-39)35-22/h1,5,9,11,22-23,35H,3-4,6-8,10,12-20H2. The summed E-state index contributed by atoms with van der Waals surface area (Å²) in [6.45, 7) is 4.35. The summed E-state index contributed by atoms with van der Waals surface area (Å²) in [4.78, 5) is 19.3. The fourth-order valence-electron chi connectivity index (χ4n) is 8.34. The Morgan fingerprint density at radius 1 is 1.02 bits per heavy atom. The Kier molecular flexibility index (Phi) is 6.15. The number of terminal acetylenes is 1. The van der Waals surface area contributed by atoms with Crippen molar-refractivity contribution in [2.75, 3.05) is 37.7 Å². The first-order valence-corrected chi connectivity index (χ1v) is 15.5. The fourth-order valence-corrected chi connectivity index (χ4v) is 8.34. The van der Waals surface area contributed by atoms with E-state index in [0.717, 1.165) is 83.1 Å². The van der Waals surface area contributed by atoms with E-state index in [9.17, 15) is 0 Å². The molecule has 0 radical (unpaired) electrons. The molecule has 8 rings (SSSR count). The molecule has 212 valence electrons. The maximum atomic E-state index is 16.8. The first-order chi connectivity index (χ1) is 20.1. The van der Waals surface area contributed by atoms with Crippen molar-refractivity contribution in [3.05, 3.63) is 40.8 Å². The molecule has 1 aromatic carbocycles. The fraction of sp³-hybridized carbons (Fsp3) is 0.545. The number of fused-ring (bicyclic) bond motifs is 5. The summed E-state index contributed by atoms with van der Waals surface area (Å²) in [6.07, 6.45) is 17.1. The number of hydrogen-bond donors (Lipinski definition) is 1. The maximum absolute atomic E-state index is 16.8. The molecule has 4 saturated heterocycles. The van der Waals surface area contributed by atoms with Crippen molar-refractivity contribution in [1.82, 2.24) is 25.2 Å². The average molecular weight is 553 g/mol. The minimum absolute atomic E-state index is 0.0433. The number of aryl methyl sites for hydroxylation is 1. The molecular weight excluding hydrogens is 515 g/mol. The monoisotopic (exact) mass is 552 g/mol. The maximum Gasteiger partial charge on any atom is 0.319 e. The Balaban J connectivity index is 1.28. The van der Waals surface area contributed by atoms with Crippen LogP contribution < -0.4 is 15.0 Å². The van der Waals surface area contributed by atoms with Gasteiger partial charge >= 0.3 is 6.01 Å². The number of aromatic nitrogens is 3.